The van der Waals surface area contributed by atoms with Gasteiger partial charge in [0, 0.05) is 58.5 Å². The number of hydrogen-bond acceptors (Lipinski definition) is 9. The van der Waals surface area contributed by atoms with Gasteiger partial charge in [-0.2, -0.15) is 0 Å². The molecular weight excluding hydrogens is 518 g/mol. The van der Waals surface area contributed by atoms with Gasteiger partial charge in [-0.3, -0.25) is 24.6 Å². The van der Waals surface area contributed by atoms with E-state index in [1.165, 1.54) is 30.6 Å². The van der Waals surface area contributed by atoms with Crippen LogP contribution in [0.15, 0.2) is 65.8 Å². The van der Waals surface area contributed by atoms with Gasteiger partial charge in [-0.25, -0.2) is 13.4 Å². The van der Waals surface area contributed by atoms with Crippen LogP contribution in [0.25, 0.3) is 20.9 Å². The molecule has 11 nitrogen and oxygen atoms in total. The number of thiophene rings is 1. The van der Waals surface area contributed by atoms with E-state index in [2.05, 4.69) is 14.7 Å². The molecule has 1 N–H and O–H groups in total. The number of para-hydroxylation sites is 1. The van der Waals surface area contributed by atoms with Crippen molar-refractivity contribution in [2.24, 2.45) is 0 Å². The second-order valence-electron chi connectivity index (χ2n) is 8.17. The number of aromatic nitrogens is 2. The minimum Gasteiger partial charge on any atom is -0.480 e. The number of nitro groups is 1. The van der Waals surface area contributed by atoms with E-state index in [0.717, 1.165) is 33.0 Å². The van der Waals surface area contributed by atoms with Crippen LogP contribution in [0.2, 0.25) is 0 Å². The van der Waals surface area contributed by atoms with Gasteiger partial charge in [-0.05, 0) is 30.3 Å². The van der Waals surface area contributed by atoms with E-state index in [-0.39, 0.29) is 17.5 Å². The lowest BCUT2D eigenvalue weighted by Gasteiger charge is -2.12. The van der Waals surface area contributed by atoms with Gasteiger partial charge in [0.2, 0.25) is 5.88 Å². The third kappa shape index (κ3) is 4.49. The maximum atomic E-state index is 13.0. The van der Waals surface area contributed by atoms with Crippen molar-refractivity contribution in [2.45, 2.75) is 11.4 Å². The van der Waals surface area contributed by atoms with Crippen molar-refractivity contribution in [1.29, 1.82) is 0 Å². The zero-order chi connectivity index (χ0) is 26.3. The highest BCUT2D eigenvalue weighted by Crippen LogP contribution is 2.38. The lowest BCUT2D eigenvalue weighted by molar-refractivity contribution is -0.387. The highest BCUT2D eigenvalue weighted by Gasteiger charge is 2.28. The predicted molar refractivity (Wildman–Crippen MR) is 137 cm³/mol. The largest absolute Gasteiger partial charge is 0.480 e. The summed E-state index contributed by atoms with van der Waals surface area (Å²) < 4.78 is 33.7. The number of rotatable bonds is 7. The normalized spacial score (nSPS) is 12.9. The number of sulfonamides is 1. The van der Waals surface area contributed by atoms with Crippen molar-refractivity contribution in [1.82, 2.24) is 14.9 Å². The zero-order valence-corrected chi connectivity index (χ0v) is 21.2. The molecule has 0 radical (unpaired) electrons. The number of nitrogens with zero attached hydrogens (tertiary/aromatic N) is 4. The molecule has 13 heteroatoms. The molecule has 4 aromatic rings. The number of pyridine rings is 2. The predicted octanol–water partition coefficient (Wildman–Crippen LogP) is 4.18. The molecule has 0 saturated heterocycles. The fourth-order valence-corrected chi connectivity index (χ4v) is 6.16. The van der Waals surface area contributed by atoms with Crippen molar-refractivity contribution in [2.75, 3.05) is 18.9 Å². The van der Waals surface area contributed by atoms with E-state index >= 15 is 0 Å². The van der Waals surface area contributed by atoms with Crippen molar-refractivity contribution in [3.8, 4) is 26.8 Å². The molecule has 1 amide bonds. The summed E-state index contributed by atoms with van der Waals surface area (Å²) in [6.07, 6.45) is 3.20. The van der Waals surface area contributed by atoms with E-state index in [1.807, 2.05) is 18.2 Å². The summed E-state index contributed by atoms with van der Waals surface area (Å²) >= 11 is 1.44. The first kappa shape index (κ1) is 24.3. The van der Waals surface area contributed by atoms with E-state index in [4.69, 9.17) is 4.74 Å². The number of hydrogen-bond donors (Lipinski definition) is 1. The Bertz CT molecular complexity index is 1670. The van der Waals surface area contributed by atoms with Crippen LogP contribution >= 0.6 is 11.3 Å². The maximum absolute atomic E-state index is 13.0. The van der Waals surface area contributed by atoms with Gasteiger partial charge in [-0.15, -0.1) is 11.3 Å². The SMILES string of the molecule is COc1ncc(-c2ccc(-c3cnc4c(c3)CN(C)C4=O)s2)cc1NS(=O)(=O)c1ccccc1[N+](=O)[O-]. The van der Waals surface area contributed by atoms with Crippen molar-refractivity contribution < 1.29 is 22.9 Å². The van der Waals surface area contributed by atoms with Crippen LogP contribution < -0.4 is 9.46 Å². The highest BCUT2D eigenvalue weighted by atomic mass is 32.2. The topological polar surface area (TPSA) is 145 Å². The van der Waals surface area contributed by atoms with Gasteiger partial charge in [0.25, 0.3) is 21.6 Å². The van der Waals surface area contributed by atoms with Gasteiger partial charge in [0.15, 0.2) is 4.90 Å². The summed E-state index contributed by atoms with van der Waals surface area (Å²) in [7, 11) is -1.25. The summed E-state index contributed by atoms with van der Waals surface area (Å²) in [6, 6.07) is 12.4. The van der Waals surface area contributed by atoms with Crippen LogP contribution in [0.4, 0.5) is 11.4 Å². The molecule has 188 valence electrons. The first-order valence-corrected chi connectivity index (χ1v) is 13.1. The Labute approximate surface area is 215 Å². The molecule has 0 unspecified atom stereocenters. The van der Waals surface area contributed by atoms with Crippen LogP contribution in [0, 0.1) is 10.1 Å². The number of amides is 1. The molecule has 0 fully saturated rings. The summed E-state index contributed by atoms with van der Waals surface area (Å²) in [5, 5.41) is 11.4. The molecule has 0 spiro atoms. The number of benzene rings is 1. The van der Waals surface area contributed by atoms with Crippen LogP contribution in [0.1, 0.15) is 16.1 Å². The number of nitro benzene ring substituents is 1. The Hall–Kier alpha value is -4.36. The number of carbonyl (C=O) groups is 1. The molecule has 4 heterocycles. The molecule has 0 bridgehead atoms. The molecule has 3 aromatic heterocycles. The van der Waals surface area contributed by atoms with Crippen molar-refractivity contribution in [3.63, 3.8) is 0 Å². The van der Waals surface area contributed by atoms with E-state index in [0.29, 0.717) is 17.8 Å². The second kappa shape index (κ2) is 9.26. The fourth-order valence-electron chi connectivity index (χ4n) is 3.97. The number of ether oxygens (including phenoxy) is 1. The van der Waals surface area contributed by atoms with E-state index in [1.54, 1.807) is 30.4 Å². The lowest BCUT2D eigenvalue weighted by Crippen LogP contribution is -2.18. The first-order valence-electron chi connectivity index (χ1n) is 10.8. The molecule has 5 rings (SSSR count). The number of methoxy groups -OCH3 is 1. The van der Waals surface area contributed by atoms with E-state index < -0.39 is 25.5 Å². The molecule has 0 aliphatic carbocycles. The van der Waals surface area contributed by atoms with Crippen LogP contribution in [0.5, 0.6) is 5.88 Å². The Morgan fingerprint density at radius 2 is 1.76 bits per heavy atom. The minimum absolute atomic E-state index is 0.0132. The van der Waals surface area contributed by atoms with Crippen LogP contribution in [-0.4, -0.2) is 48.3 Å². The average Bonchev–Trinajstić information content (AvgIpc) is 3.48. The molecule has 1 aliphatic rings. The first-order chi connectivity index (χ1) is 17.7. The summed E-state index contributed by atoms with van der Waals surface area (Å²) in [5.74, 6) is -0.0900. The van der Waals surface area contributed by atoms with Crippen LogP contribution in [0.3, 0.4) is 0 Å². The molecule has 0 saturated carbocycles. The summed E-state index contributed by atoms with van der Waals surface area (Å²) in [6.45, 7) is 0.499. The molecule has 1 aliphatic heterocycles. The zero-order valence-electron chi connectivity index (χ0n) is 19.5. The third-order valence-electron chi connectivity index (χ3n) is 5.74. The van der Waals surface area contributed by atoms with Gasteiger partial charge in [0.05, 0.1) is 12.0 Å². The van der Waals surface area contributed by atoms with Gasteiger partial charge >= 0.3 is 0 Å². The smallest absolute Gasteiger partial charge is 0.289 e. The van der Waals surface area contributed by atoms with Crippen molar-refractivity contribution >= 4 is 38.6 Å². The summed E-state index contributed by atoms with van der Waals surface area (Å²) in [4.78, 5) is 34.1. The Morgan fingerprint density at radius 1 is 1.08 bits per heavy atom. The Kier molecular flexibility index (Phi) is 6.09. The van der Waals surface area contributed by atoms with Crippen LogP contribution in [-0.2, 0) is 16.6 Å². The Balaban J connectivity index is 1.47. The lowest BCUT2D eigenvalue weighted by atomic mass is 10.1. The van der Waals surface area contributed by atoms with Crippen molar-refractivity contribution in [3.05, 3.63) is 82.3 Å². The fraction of sp³-hybridized carbons (Fsp3) is 0.125. The molecule has 0 atom stereocenters. The van der Waals surface area contributed by atoms with Gasteiger partial charge in [-0.1, -0.05) is 12.1 Å². The Morgan fingerprint density at radius 3 is 2.46 bits per heavy atom. The highest BCUT2D eigenvalue weighted by molar-refractivity contribution is 7.92. The quantitative estimate of drug-likeness (QED) is 0.273. The minimum atomic E-state index is -4.32. The molecular formula is C24H19N5O6S2. The number of nitrogens with one attached hydrogen (secondary N) is 1. The second-order valence-corrected chi connectivity index (χ2v) is 10.9. The maximum Gasteiger partial charge on any atom is 0.289 e. The van der Waals surface area contributed by atoms with E-state index in [9.17, 15) is 23.3 Å². The van der Waals surface area contributed by atoms with Gasteiger partial charge < -0.3 is 9.64 Å². The standard InChI is InChI=1S/C24H19N5O6S2/c1-28-13-16-9-14(11-25-22(16)24(28)30)19-7-8-20(36-19)15-10-17(23(35-2)26-12-15)27-37(33,34)21-6-4-3-5-18(21)29(31)32/h3-12,27H,13H2,1-2H3. The molecule has 1 aromatic carbocycles. The number of anilines is 1. The van der Waals surface area contributed by atoms with Gasteiger partial charge in [0.1, 0.15) is 11.4 Å². The monoisotopic (exact) mass is 537 g/mol. The average molecular weight is 538 g/mol. The summed E-state index contributed by atoms with van der Waals surface area (Å²) in [5.41, 5.74) is 2.28. The number of carbonyl (C=O) groups excluding carboxylic acids is 1. The molecule has 37 heavy (non-hydrogen) atoms. The number of fused-ring (bicyclic) bond motifs is 1. The third-order valence-corrected chi connectivity index (χ3v) is 8.34.